The first-order chi connectivity index (χ1) is 10.7. The normalized spacial score (nSPS) is 10.7. The topological polar surface area (TPSA) is 47.0 Å². The Balaban J connectivity index is 1.93. The number of fused-ring (bicyclic) bond motifs is 1. The Morgan fingerprint density at radius 1 is 1.23 bits per heavy atom. The highest BCUT2D eigenvalue weighted by molar-refractivity contribution is 6.30. The molecule has 0 aliphatic rings. The summed E-state index contributed by atoms with van der Waals surface area (Å²) < 4.78 is 18.7. The summed E-state index contributed by atoms with van der Waals surface area (Å²) in [5.74, 6) is 0.325. The van der Waals surface area contributed by atoms with Gasteiger partial charge in [0.05, 0.1) is 12.6 Å². The minimum atomic E-state index is -0.450. The molecule has 0 bridgehead atoms. The molecule has 0 saturated heterocycles. The Morgan fingerprint density at radius 2 is 2.09 bits per heavy atom. The van der Waals surface area contributed by atoms with Crippen molar-refractivity contribution in [2.24, 2.45) is 0 Å². The van der Waals surface area contributed by atoms with Gasteiger partial charge in [0.2, 0.25) is 0 Å². The molecule has 0 amide bonds. The molecule has 6 heteroatoms. The number of benzene rings is 2. The molecule has 0 radical (unpaired) electrons. The number of nitrogens with one attached hydrogen (secondary N) is 1. The molecule has 1 N–H and O–H groups in total. The molecular formula is C16H13ClFN3O. The van der Waals surface area contributed by atoms with Crippen molar-refractivity contribution >= 4 is 28.3 Å². The zero-order chi connectivity index (χ0) is 15.5. The second-order valence-electron chi connectivity index (χ2n) is 4.71. The van der Waals surface area contributed by atoms with E-state index >= 15 is 0 Å². The lowest BCUT2D eigenvalue weighted by Gasteiger charge is -2.10. The number of hydrogen-bond acceptors (Lipinski definition) is 4. The first kappa shape index (κ1) is 14.5. The molecule has 0 atom stereocenters. The van der Waals surface area contributed by atoms with Gasteiger partial charge in [-0.3, -0.25) is 0 Å². The standard InChI is InChI=1S/C16H13ClFN3O/c1-22-15-6-12-14(7-13(15)18)20-9-21-16(12)19-8-10-3-2-4-11(17)5-10/h2-7,9H,8H2,1H3,(H,19,20,21). The number of nitrogens with zero attached hydrogens (tertiary/aromatic N) is 2. The largest absolute Gasteiger partial charge is 0.494 e. The van der Waals surface area contributed by atoms with Crippen LogP contribution in [0.1, 0.15) is 5.56 Å². The summed E-state index contributed by atoms with van der Waals surface area (Å²) in [4.78, 5) is 8.30. The van der Waals surface area contributed by atoms with Gasteiger partial charge < -0.3 is 10.1 Å². The summed E-state index contributed by atoms with van der Waals surface area (Å²) in [5, 5.41) is 4.59. The average Bonchev–Trinajstić information content (AvgIpc) is 2.52. The van der Waals surface area contributed by atoms with Crippen LogP contribution in [0, 0.1) is 5.82 Å². The van der Waals surface area contributed by atoms with E-state index in [1.165, 1.54) is 19.5 Å². The van der Waals surface area contributed by atoms with Crippen LogP contribution in [0.3, 0.4) is 0 Å². The van der Waals surface area contributed by atoms with Crippen LogP contribution in [0.2, 0.25) is 5.02 Å². The minimum absolute atomic E-state index is 0.160. The van der Waals surface area contributed by atoms with Crippen molar-refractivity contribution in [3.63, 3.8) is 0 Å². The predicted octanol–water partition coefficient (Wildman–Crippen LogP) is 4.04. The molecule has 1 aromatic heterocycles. The van der Waals surface area contributed by atoms with E-state index in [2.05, 4.69) is 15.3 Å². The van der Waals surface area contributed by atoms with Gasteiger partial charge in [0, 0.05) is 23.0 Å². The van der Waals surface area contributed by atoms with Crippen LogP contribution < -0.4 is 10.1 Å². The minimum Gasteiger partial charge on any atom is -0.494 e. The van der Waals surface area contributed by atoms with Crippen LogP contribution in [0.4, 0.5) is 10.2 Å². The fourth-order valence-corrected chi connectivity index (χ4v) is 2.40. The van der Waals surface area contributed by atoms with E-state index in [9.17, 15) is 4.39 Å². The van der Waals surface area contributed by atoms with Crippen LogP contribution >= 0.6 is 11.6 Å². The maximum Gasteiger partial charge on any atom is 0.167 e. The Hall–Kier alpha value is -2.40. The Morgan fingerprint density at radius 3 is 2.86 bits per heavy atom. The second-order valence-corrected chi connectivity index (χ2v) is 5.15. The molecule has 0 aliphatic heterocycles. The van der Waals surface area contributed by atoms with E-state index in [1.807, 2.05) is 24.3 Å². The molecule has 112 valence electrons. The highest BCUT2D eigenvalue weighted by Gasteiger charge is 2.10. The van der Waals surface area contributed by atoms with Gasteiger partial charge in [-0.15, -0.1) is 0 Å². The second kappa shape index (κ2) is 6.15. The highest BCUT2D eigenvalue weighted by Crippen LogP contribution is 2.27. The number of aromatic nitrogens is 2. The number of ether oxygens (including phenoxy) is 1. The fraction of sp³-hybridized carbons (Fsp3) is 0.125. The third kappa shape index (κ3) is 2.94. The molecule has 3 rings (SSSR count). The number of halogens is 2. The zero-order valence-electron chi connectivity index (χ0n) is 11.8. The van der Waals surface area contributed by atoms with Crippen molar-refractivity contribution < 1.29 is 9.13 Å². The molecule has 2 aromatic carbocycles. The van der Waals surface area contributed by atoms with E-state index < -0.39 is 5.82 Å². The predicted molar refractivity (Wildman–Crippen MR) is 84.8 cm³/mol. The van der Waals surface area contributed by atoms with Crippen LogP contribution in [-0.2, 0) is 6.54 Å². The van der Waals surface area contributed by atoms with Gasteiger partial charge in [0.1, 0.15) is 12.1 Å². The van der Waals surface area contributed by atoms with Gasteiger partial charge in [0.25, 0.3) is 0 Å². The van der Waals surface area contributed by atoms with Gasteiger partial charge in [-0.05, 0) is 23.8 Å². The van der Waals surface area contributed by atoms with Crippen LogP contribution in [0.15, 0.2) is 42.7 Å². The maximum absolute atomic E-state index is 13.7. The lowest BCUT2D eigenvalue weighted by atomic mass is 10.2. The van der Waals surface area contributed by atoms with Crippen molar-refractivity contribution in [1.82, 2.24) is 9.97 Å². The first-order valence-electron chi connectivity index (χ1n) is 6.64. The fourth-order valence-electron chi connectivity index (χ4n) is 2.19. The van der Waals surface area contributed by atoms with E-state index in [0.29, 0.717) is 28.3 Å². The maximum atomic E-state index is 13.7. The monoisotopic (exact) mass is 317 g/mol. The number of hydrogen-bond donors (Lipinski definition) is 1. The summed E-state index contributed by atoms with van der Waals surface area (Å²) in [5.41, 5.74) is 1.54. The number of rotatable bonds is 4. The Bertz CT molecular complexity index is 826. The lowest BCUT2D eigenvalue weighted by molar-refractivity contribution is 0.387. The van der Waals surface area contributed by atoms with Crippen LogP contribution in [-0.4, -0.2) is 17.1 Å². The summed E-state index contributed by atoms with van der Waals surface area (Å²) in [6.45, 7) is 0.548. The lowest BCUT2D eigenvalue weighted by Crippen LogP contribution is -2.03. The molecular weight excluding hydrogens is 305 g/mol. The Labute approximate surface area is 131 Å². The van der Waals surface area contributed by atoms with Gasteiger partial charge in [-0.1, -0.05) is 23.7 Å². The molecule has 0 saturated carbocycles. The summed E-state index contributed by atoms with van der Waals surface area (Å²) in [6.07, 6.45) is 1.40. The van der Waals surface area contributed by atoms with Crippen LogP contribution in [0.5, 0.6) is 5.75 Å². The van der Waals surface area contributed by atoms with Gasteiger partial charge in [-0.25, -0.2) is 14.4 Å². The van der Waals surface area contributed by atoms with E-state index in [4.69, 9.17) is 16.3 Å². The summed E-state index contributed by atoms with van der Waals surface area (Å²) in [6, 6.07) is 10.5. The molecule has 3 aromatic rings. The van der Waals surface area contributed by atoms with Crippen molar-refractivity contribution in [2.45, 2.75) is 6.54 Å². The smallest absolute Gasteiger partial charge is 0.167 e. The first-order valence-corrected chi connectivity index (χ1v) is 7.02. The quantitative estimate of drug-likeness (QED) is 0.789. The molecule has 0 unspecified atom stereocenters. The third-order valence-electron chi connectivity index (χ3n) is 3.26. The molecule has 1 heterocycles. The molecule has 0 fully saturated rings. The molecule has 0 aliphatic carbocycles. The molecule has 0 spiro atoms. The number of anilines is 1. The molecule has 4 nitrogen and oxygen atoms in total. The average molecular weight is 318 g/mol. The SMILES string of the molecule is COc1cc2c(NCc3cccc(Cl)c3)ncnc2cc1F. The van der Waals surface area contributed by atoms with Gasteiger partial charge in [-0.2, -0.15) is 0 Å². The van der Waals surface area contributed by atoms with E-state index in [0.717, 1.165) is 5.56 Å². The third-order valence-corrected chi connectivity index (χ3v) is 3.49. The van der Waals surface area contributed by atoms with Crippen molar-refractivity contribution in [3.8, 4) is 5.75 Å². The molecule has 22 heavy (non-hydrogen) atoms. The van der Waals surface area contributed by atoms with E-state index in [-0.39, 0.29) is 5.75 Å². The van der Waals surface area contributed by atoms with E-state index in [1.54, 1.807) is 6.07 Å². The van der Waals surface area contributed by atoms with Gasteiger partial charge in [0.15, 0.2) is 11.6 Å². The van der Waals surface area contributed by atoms with Crippen molar-refractivity contribution in [3.05, 3.63) is 59.1 Å². The van der Waals surface area contributed by atoms with Gasteiger partial charge >= 0.3 is 0 Å². The van der Waals surface area contributed by atoms with Crippen LogP contribution in [0.25, 0.3) is 10.9 Å². The summed E-state index contributed by atoms with van der Waals surface area (Å²) in [7, 11) is 1.42. The zero-order valence-corrected chi connectivity index (χ0v) is 12.6. The highest BCUT2D eigenvalue weighted by atomic mass is 35.5. The number of methoxy groups -OCH3 is 1. The Kier molecular flexibility index (Phi) is 4.06. The van der Waals surface area contributed by atoms with Crippen molar-refractivity contribution in [2.75, 3.05) is 12.4 Å². The summed E-state index contributed by atoms with van der Waals surface area (Å²) >= 11 is 5.97. The van der Waals surface area contributed by atoms with Crippen molar-refractivity contribution in [1.29, 1.82) is 0 Å².